The topological polar surface area (TPSA) is 67.0 Å². The Morgan fingerprint density at radius 2 is 1.89 bits per heavy atom. The molecule has 2 N–H and O–H groups in total. The molecule has 0 aliphatic heterocycles. The first kappa shape index (κ1) is 19.0. The molecule has 142 valence electrons. The Kier molecular flexibility index (Phi) is 6.12. The van der Waals surface area contributed by atoms with Gasteiger partial charge in [0, 0.05) is 0 Å². The Labute approximate surface area is 160 Å². The number of aromatic amines is 1. The van der Waals surface area contributed by atoms with E-state index >= 15 is 0 Å². The average Bonchev–Trinajstić information content (AvgIpc) is 3.14. The third-order valence-electron chi connectivity index (χ3n) is 4.93. The highest BCUT2D eigenvalue weighted by Crippen LogP contribution is 2.24. The molecule has 1 aromatic heterocycles. The molecule has 1 heterocycles. The molecule has 0 aliphatic carbocycles. The van der Waals surface area contributed by atoms with Crippen molar-refractivity contribution in [2.24, 2.45) is 5.92 Å². The smallest absolute Gasteiger partial charge is 0.258 e. The van der Waals surface area contributed by atoms with Gasteiger partial charge in [-0.2, -0.15) is 0 Å². The minimum absolute atomic E-state index is 0.0152. The van der Waals surface area contributed by atoms with Crippen LogP contribution in [-0.4, -0.2) is 22.5 Å². The quantitative estimate of drug-likeness (QED) is 0.621. The van der Waals surface area contributed by atoms with Gasteiger partial charge in [-0.15, -0.1) is 0 Å². The van der Waals surface area contributed by atoms with Crippen LogP contribution in [0.3, 0.4) is 0 Å². The minimum Gasteiger partial charge on any atom is -0.484 e. The fourth-order valence-corrected chi connectivity index (χ4v) is 3.02. The Morgan fingerprint density at radius 3 is 2.56 bits per heavy atom. The first-order valence-electron chi connectivity index (χ1n) is 9.56. The number of imidazole rings is 1. The van der Waals surface area contributed by atoms with Crippen molar-refractivity contribution in [3.05, 3.63) is 59.9 Å². The van der Waals surface area contributed by atoms with Crippen LogP contribution in [-0.2, 0) is 11.2 Å². The molecular weight excluding hydrogens is 338 g/mol. The van der Waals surface area contributed by atoms with Crippen molar-refractivity contribution in [3.63, 3.8) is 0 Å². The van der Waals surface area contributed by atoms with Crippen molar-refractivity contribution in [1.29, 1.82) is 0 Å². The Bertz CT molecular complexity index is 853. The summed E-state index contributed by atoms with van der Waals surface area (Å²) in [4.78, 5) is 20.5. The Balaban J connectivity index is 1.67. The van der Waals surface area contributed by atoms with Crippen LogP contribution in [0.5, 0.6) is 5.75 Å². The summed E-state index contributed by atoms with van der Waals surface area (Å²) < 4.78 is 5.63. The van der Waals surface area contributed by atoms with Gasteiger partial charge in [-0.3, -0.25) is 4.79 Å². The molecule has 5 heteroatoms. The summed E-state index contributed by atoms with van der Waals surface area (Å²) in [6.07, 6.45) is 1.91. The standard InChI is InChI=1S/C22H27N3O2/c1-4-15(3)21(22-23-18-8-6-7-9-19(18)24-22)25-20(26)14-27-17-12-10-16(5-2)11-13-17/h6-13,15,21H,4-5,14H2,1-3H3,(H,23,24)(H,25,26). The molecule has 1 amide bonds. The zero-order chi connectivity index (χ0) is 19.2. The SMILES string of the molecule is CCc1ccc(OCC(=O)NC(c2nc3ccccc3[nH]2)C(C)CC)cc1. The number of H-pyrrole nitrogens is 1. The molecule has 0 radical (unpaired) electrons. The lowest BCUT2D eigenvalue weighted by Gasteiger charge is -2.22. The van der Waals surface area contributed by atoms with Gasteiger partial charge in [-0.05, 0) is 42.2 Å². The van der Waals surface area contributed by atoms with Crippen LogP contribution in [0.1, 0.15) is 44.6 Å². The summed E-state index contributed by atoms with van der Waals surface area (Å²) in [6, 6.07) is 15.5. The molecule has 0 saturated heterocycles. The van der Waals surface area contributed by atoms with E-state index in [4.69, 9.17) is 4.74 Å². The zero-order valence-electron chi connectivity index (χ0n) is 16.2. The van der Waals surface area contributed by atoms with Crippen LogP contribution < -0.4 is 10.1 Å². The molecule has 0 aliphatic rings. The maximum Gasteiger partial charge on any atom is 0.258 e. The number of aryl methyl sites for hydroxylation is 1. The van der Waals surface area contributed by atoms with Gasteiger partial charge in [0.05, 0.1) is 17.1 Å². The predicted molar refractivity (Wildman–Crippen MR) is 108 cm³/mol. The highest BCUT2D eigenvalue weighted by atomic mass is 16.5. The molecule has 27 heavy (non-hydrogen) atoms. The van der Waals surface area contributed by atoms with E-state index in [1.165, 1.54) is 5.56 Å². The average molecular weight is 365 g/mol. The van der Waals surface area contributed by atoms with Gasteiger partial charge in [0.1, 0.15) is 11.6 Å². The lowest BCUT2D eigenvalue weighted by Crippen LogP contribution is -2.36. The molecule has 2 unspecified atom stereocenters. The number of aromatic nitrogens is 2. The fourth-order valence-electron chi connectivity index (χ4n) is 3.02. The monoisotopic (exact) mass is 365 g/mol. The van der Waals surface area contributed by atoms with E-state index in [0.29, 0.717) is 5.75 Å². The first-order chi connectivity index (χ1) is 13.1. The molecule has 0 saturated carbocycles. The van der Waals surface area contributed by atoms with Crippen molar-refractivity contribution in [2.75, 3.05) is 6.61 Å². The number of benzene rings is 2. The van der Waals surface area contributed by atoms with Gasteiger partial charge in [0.15, 0.2) is 6.61 Å². The number of hydrogen-bond acceptors (Lipinski definition) is 3. The van der Waals surface area contributed by atoms with Gasteiger partial charge in [-0.25, -0.2) is 4.98 Å². The molecule has 5 nitrogen and oxygen atoms in total. The van der Waals surface area contributed by atoms with E-state index in [-0.39, 0.29) is 24.5 Å². The molecule has 0 bridgehead atoms. The fraction of sp³-hybridized carbons (Fsp3) is 0.364. The van der Waals surface area contributed by atoms with Crippen molar-refractivity contribution in [1.82, 2.24) is 15.3 Å². The second-order valence-electron chi connectivity index (χ2n) is 6.86. The largest absolute Gasteiger partial charge is 0.484 e. The van der Waals surface area contributed by atoms with Gasteiger partial charge in [-0.1, -0.05) is 51.5 Å². The first-order valence-corrected chi connectivity index (χ1v) is 9.56. The van der Waals surface area contributed by atoms with Gasteiger partial charge >= 0.3 is 0 Å². The van der Waals surface area contributed by atoms with Crippen molar-refractivity contribution >= 4 is 16.9 Å². The van der Waals surface area contributed by atoms with Gasteiger partial charge in [0.2, 0.25) is 0 Å². The van der Waals surface area contributed by atoms with Crippen LogP contribution in [0, 0.1) is 5.92 Å². The van der Waals surface area contributed by atoms with Crippen molar-refractivity contribution in [2.45, 2.75) is 39.7 Å². The van der Waals surface area contributed by atoms with Crippen LogP contribution in [0.15, 0.2) is 48.5 Å². The number of fused-ring (bicyclic) bond motifs is 1. The zero-order valence-corrected chi connectivity index (χ0v) is 16.2. The number of hydrogen-bond donors (Lipinski definition) is 2. The van der Waals surface area contributed by atoms with Crippen LogP contribution >= 0.6 is 0 Å². The highest BCUT2D eigenvalue weighted by molar-refractivity contribution is 5.78. The van der Waals surface area contributed by atoms with Crippen LogP contribution in [0.2, 0.25) is 0 Å². The van der Waals surface area contributed by atoms with E-state index in [1.807, 2.05) is 48.5 Å². The number of nitrogens with one attached hydrogen (secondary N) is 2. The van der Waals surface area contributed by atoms with Gasteiger partial charge in [0.25, 0.3) is 5.91 Å². The van der Waals surface area contributed by atoms with E-state index in [2.05, 4.69) is 36.1 Å². The summed E-state index contributed by atoms with van der Waals surface area (Å²) >= 11 is 0. The lowest BCUT2D eigenvalue weighted by molar-refractivity contribution is -0.124. The highest BCUT2D eigenvalue weighted by Gasteiger charge is 2.23. The number of ether oxygens (including phenoxy) is 1. The number of rotatable bonds is 8. The molecule has 3 aromatic rings. The van der Waals surface area contributed by atoms with Crippen LogP contribution in [0.25, 0.3) is 11.0 Å². The Hall–Kier alpha value is -2.82. The minimum atomic E-state index is -0.180. The summed E-state index contributed by atoms with van der Waals surface area (Å²) in [5.74, 6) is 1.58. The molecule has 2 aromatic carbocycles. The summed E-state index contributed by atoms with van der Waals surface area (Å²) in [5, 5.41) is 3.08. The predicted octanol–water partition coefficient (Wildman–Crippen LogP) is 4.41. The Morgan fingerprint density at radius 1 is 1.15 bits per heavy atom. The van der Waals surface area contributed by atoms with Crippen molar-refractivity contribution in [3.8, 4) is 5.75 Å². The maximum absolute atomic E-state index is 12.5. The maximum atomic E-state index is 12.5. The third kappa shape index (κ3) is 4.67. The second-order valence-corrected chi connectivity index (χ2v) is 6.86. The number of para-hydroxylation sites is 2. The number of carbonyl (C=O) groups is 1. The molecule has 2 atom stereocenters. The number of amides is 1. The van der Waals surface area contributed by atoms with E-state index < -0.39 is 0 Å². The third-order valence-corrected chi connectivity index (χ3v) is 4.93. The summed E-state index contributed by atoms with van der Waals surface area (Å²) in [7, 11) is 0. The van der Waals surface area contributed by atoms with E-state index in [9.17, 15) is 4.79 Å². The number of carbonyl (C=O) groups excluding carboxylic acids is 1. The van der Waals surface area contributed by atoms with E-state index in [1.54, 1.807) is 0 Å². The van der Waals surface area contributed by atoms with Crippen molar-refractivity contribution < 1.29 is 9.53 Å². The molecule has 0 spiro atoms. The normalized spacial score (nSPS) is 13.3. The summed E-state index contributed by atoms with van der Waals surface area (Å²) in [6.45, 7) is 6.32. The van der Waals surface area contributed by atoms with E-state index in [0.717, 1.165) is 29.7 Å². The summed E-state index contributed by atoms with van der Waals surface area (Å²) in [5.41, 5.74) is 3.12. The number of nitrogens with zero attached hydrogens (tertiary/aromatic N) is 1. The van der Waals surface area contributed by atoms with Crippen LogP contribution in [0.4, 0.5) is 0 Å². The van der Waals surface area contributed by atoms with Gasteiger partial charge < -0.3 is 15.0 Å². The lowest BCUT2D eigenvalue weighted by atomic mass is 9.98. The molecule has 3 rings (SSSR count). The molecular formula is C22H27N3O2. The second kappa shape index (κ2) is 8.71. The molecule has 0 fully saturated rings.